The zero-order valence-electron chi connectivity index (χ0n) is 14.4. The van der Waals surface area contributed by atoms with Gasteiger partial charge in [0.15, 0.2) is 5.76 Å². The molecule has 0 unspecified atom stereocenters. The van der Waals surface area contributed by atoms with E-state index in [-0.39, 0.29) is 22.2 Å². The van der Waals surface area contributed by atoms with Gasteiger partial charge in [-0.15, -0.1) is 11.3 Å². The minimum Gasteiger partial charge on any atom is -0.465 e. The van der Waals surface area contributed by atoms with Gasteiger partial charge in [0, 0.05) is 18.3 Å². The maximum absolute atomic E-state index is 12.4. The fourth-order valence-electron chi connectivity index (χ4n) is 2.79. The number of hydrogen-bond acceptors (Lipinski definition) is 8. The van der Waals surface area contributed by atoms with Gasteiger partial charge in [0.2, 0.25) is 5.91 Å². The molecule has 1 aliphatic heterocycles. The minimum atomic E-state index is -0.753. The third-order valence-electron chi connectivity index (χ3n) is 4.11. The molecule has 1 aliphatic rings. The molecule has 1 N–H and O–H groups in total. The van der Waals surface area contributed by atoms with Gasteiger partial charge in [0.1, 0.15) is 9.92 Å². The van der Waals surface area contributed by atoms with Crippen molar-refractivity contribution >= 4 is 40.0 Å². The summed E-state index contributed by atoms with van der Waals surface area (Å²) in [6.07, 6.45) is 0.456. The van der Waals surface area contributed by atoms with Crippen molar-refractivity contribution in [3.8, 4) is 0 Å². The number of amides is 2. The normalized spacial score (nSPS) is 13.0. The Balaban J connectivity index is 1.92. The highest BCUT2D eigenvalue weighted by atomic mass is 32.1. The van der Waals surface area contributed by atoms with E-state index >= 15 is 0 Å². The van der Waals surface area contributed by atoms with Gasteiger partial charge in [-0.1, -0.05) is 0 Å². The second-order valence-electron chi connectivity index (χ2n) is 5.74. The number of thiophene rings is 1. The Kier molecular flexibility index (Phi) is 4.95. The molecule has 10 nitrogen and oxygen atoms in total. The average molecular weight is 393 g/mol. The maximum Gasteiger partial charge on any atom is 0.433 e. The van der Waals surface area contributed by atoms with Crippen LogP contribution in [0.25, 0.3) is 0 Å². The fourth-order valence-corrected chi connectivity index (χ4v) is 4.04. The van der Waals surface area contributed by atoms with Crippen LogP contribution in [0.15, 0.2) is 16.5 Å². The SMILES string of the molecule is COC(=O)c1c(NC(=O)c2ccc([N+](=O)[O-])o2)sc2c1CCN(C(C)=O)C2. The van der Waals surface area contributed by atoms with Crippen LogP contribution in [0, 0.1) is 10.1 Å². The van der Waals surface area contributed by atoms with Gasteiger partial charge in [-0.25, -0.2) is 4.79 Å². The molecule has 0 atom stereocenters. The standard InChI is InChI=1S/C16H15N3O7S/c1-8(20)18-6-5-9-11(7-18)27-15(13(9)16(22)25-2)17-14(21)10-3-4-12(26-10)19(23)24/h3-4H,5-7H2,1-2H3,(H,17,21). The lowest BCUT2D eigenvalue weighted by Crippen LogP contribution is -2.33. The molecule has 142 valence electrons. The second kappa shape index (κ2) is 7.19. The predicted octanol–water partition coefficient (Wildman–Crippen LogP) is 2.19. The number of methoxy groups -OCH3 is 1. The first kappa shape index (κ1) is 18.6. The van der Waals surface area contributed by atoms with Crippen molar-refractivity contribution in [2.75, 3.05) is 19.0 Å². The number of nitro groups is 1. The summed E-state index contributed by atoms with van der Waals surface area (Å²) in [6.45, 7) is 2.26. The number of nitrogens with one attached hydrogen (secondary N) is 1. The van der Waals surface area contributed by atoms with E-state index in [4.69, 9.17) is 9.15 Å². The minimum absolute atomic E-state index is 0.0813. The summed E-state index contributed by atoms with van der Waals surface area (Å²) >= 11 is 1.16. The molecule has 11 heteroatoms. The van der Waals surface area contributed by atoms with Crippen molar-refractivity contribution in [1.29, 1.82) is 0 Å². The van der Waals surface area contributed by atoms with Gasteiger partial charge in [0.05, 0.1) is 25.3 Å². The van der Waals surface area contributed by atoms with Gasteiger partial charge in [-0.3, -0.25) is 19.7 Å². The van der Waals surface area contributed by atoms with E-state index in [0.29, 0.717) is 19.5 Å². The van der Waals surface area contributed by atoms with E-state index in [1.165, 1.54) is 20.1 Å². The van der Waals surface area contributed by atoms with Crippen LogP contribution < -0.4 is 5.32 Å². The van der Waals surface area contributed by atoms with Crippen molar-refractivity contribution in [2.24, 2.45) is 0 Å². The number of nitrogens with zero attached hydrogens (tertiary/aromatic N) is 2. The molecule has 27 heavy (non-hydrogen) atoms. The molecule has 0 spiro atoms. The van der Waals surface area contributed by atoms with E-state index in [1.807, 2.05) is 0 Å². The molecule has 2 aromatic heterocycles. The molecule has 3 rings (SSSR count). The number of ether oxygens (including phenoxy) is 1. The molecule has 2 aromatic rings. The Bertz CT molecular complexity index is 946. The van der Waals surface area contributed by atoms with Gasteiger partial charge < -0.3 is 19.4 Å². The fraction of sp³-hybridized carbons (Fsp3) is 0.312. The number of rotatable bonds is 4. The highest BCUT2D eigenvalue weighted by molar-refractivity contribution is 7.17. The summed E-state index contributed by atoms with van der Waals surface area (Å²) in [6, 6.07) is 2.25. The van der Waals surface area contributed by atoms with E-state index in [1.54, 1.807) is 4.90 Å². The highest BCUT2D eigenvalue weighted by Gasteiger charge is 2.30. The van der Waals surface area contributed by atoms with Crippen LogP contribution in [0.5, 0.6) is 0 Å². The molecule has 3 heterocycles. The van der Waals surface area contributed by atoms with Crippen molar-refractivity contribution in [3.63, 3.8) is 0 Å². The first-order chi connectivity index (χ1) is 12.8. The third kappa shape index (κ3) is 3.53. The molecular formula is C16H15N3O7S. The number of fused-ring (bicyclic) bond motifs is 1. The molecular weight excluding hydrogens is 378 g/mol. The molecule has 0 aliphatic carbocycles. The first-order valence-electron chi connectivity index (χ1n) is 7.85. The molecule has 0 saturated heterocycles. The third-order valence-corrected chi connectivity index (χ3v) is 5.25. The summed E-state index contributed by atoms with van der Waals surface area (Å²) < 4.78 is 9.70. The van der Waals surface area contributed by atoms with E-state index < -0.39 is 22.7 Å². The Morgan fingerprint density at radius 3 is 2.70 bits per heavy atom. The van der Waals surface area contributed by atoms with Crippen LogP contribution in [0.2, 0.25) is 0 Å². The largest absolute Gasteiger partial charge is 0.465 e. The van der Waals surface area contributed by atoms with Crippen molar-refractivity contribution < 1.29 is 28.5 Å². The van der Waals surface area contributed by atoms with Gasteiger partial charge in [0.25, 0.3) is 5.91 Å². The molecule has 0 bridgehead atoms. The molecule has 0 aromatic carbocycles. The number of furan rings is 1. The summed E-state index contributed by atoms with van der Waals surface area (Å²) in [4.78, 5) is 48.6. The summed E-state index contributed by atoms with van der Waals surface area (Å²) in [5.74, 6) is -2.23. The van der Waals surface area contributed by atoms with Gasteiger partial charge >= 0.3 is 11.9 Å². The number of hydrogen-bond donors (Lipinski definition) is 1. The number of carbonyl (C=O) groups is 3. The second-order valence-corrected chi connectivity index (χ2v) is 6.84. The number of carbonyl (C=O) groups excluding carboxylic acids is 3. The highest BCUT2D eigenvalue weighted by Crippen LogP contribution is 2.38. The number of anilines is 1. The Morgan fingerprint density at radius 1 is 1.37 bits per heavy atom. The summed E-state index contributed by atoms with van der Waals surface area (Å²) in [5.41, 5.74) is 0.959. The zero-order valence-corrected chi connectivity index (χ0v) is 15.3. The van der Waals surface area contributed by atoms with Gasteiger partial charge in [-0.2, -0.15) is 0 Å². The van der Waals surface area contributed by atoms with E-state index in [0.717, 1.165) is 27.8 Å². The summed E-state index contributed by atoms with van der Waals surface area (Å²) in [7, 11) is 1.23. The molecule has 2 amide bonds. The molecule has 0 saturated carbocycles. The monoisotopic (exact) mass is 393 g/mol. The van der Waals surface area contributed by atoms with Crippen LogP contribution in [-0.2, 0) is 22.5 Å². The Hall–Kier alpha value is -3.21. The van der Waals surface area contributed by atoms with Crippen LogP contribution >= 0.6 is 11.3 Å². The van der Waals surface area contributed by atoms with Crippen LogP contribution in [0.4, 0.5) is 10.9 Å². The van der Waals surface area contributed by atoms with Crippen molar-refractivity contribution in [1.82, 2.24) is 4.90 Å². The van der Waals surface area contributed by atoms with Crippen LogP contribution in [0.3, 0.4) is 0 Å². The van der Waals surface area contributed by atoms with E-state index in [9.17, 15) is 24.5 Å². The topological polar surface area (TPSA) is 132 Å². The first-order valence-corrected chi connectivity index (χ1v) is 8.67. The van der Waals surface area contributed by atoms with E-state index in [2.05, 4.69) is 5.32 Å². The van der Waals surface area contributed by atoms with Crippen LogP contribution in [0.1, 0.15) is 38.3 Å². The molecule has 0 fully saturated rings. The zero-order chi connectivity index (χ0) is 19.7. The predicted molar refractivity (Wildman–Crippen MR) is 93.8 cm³/mol. The maximum atomic E-state index is 12.4. The molecule has 0 radical (unpaired) electrons. The smallest absolute Gasteiger partial charge is 0.433 e. The lowest BCUT2D eigenvalue weighted by molar-refractivity contribution is -0.402. The Labute approximate surface area is 156 Å². The lowest BCUT2D eigenvalue weighted by atomic mass is 10.0. The quantitative estimate of drug-likeness (QED) is 0.478. The van der Waals surface area contributed by atoms with Crippen LogP contribution in [-0.4, -0.2) is 41.3 Å². The van der Waals surface area contributed by atoms with Crippen molar-refractivity contribution in [2.45, 2.75) is 19.9 Å². The van der Waals surface area contributed by atoms with Gasteiger partial charge in [-0.05, 0) is 18.1 Å². The Morgan fingerprint density at radius 2 is 2.11 bits per heavy atom. The lowest BCUT2D eigenvalue weighted by Gasteiger charge is -2.25. The average Bonchev–Trinajstić information content (AvgIpc) is 3.25. The van der Waals surface area contributed by atoms with Crippen molar-refractivity contribution in [3.05, 3.63) is 44.0 Å². The number of esters is 1. The summed E-state index contributed by atoms with van der Waals surface area (Å²) in [5, 5.41) is 13.5.